The maximum absolute atomic E-state index is 13.1. The van der Waals surface area contributed by atoms with E-state index in [1.165, 1.54) is 44.1 Å². The van der Waals surface area contributed by atoms with E-state index >= 15 is 0 Å². The molecule has 1 amide bonds. The molecule has 176 valence electrons. The highest BCUT2D eigenvalue weighted by atomic mass is 16.3. The molecule has 4 aliphatic rings. The van der Waals surface area contributed by atoms with Crippen molar-refractivity contribution < 1.29 is 9.21 Å². The molecular formula is C31H30N2O2. The first-order valence-corrected chi connectivity index (χ1v) is 13.0. The summed E-state index contributed by atoms with van der Waals surface area (Å²) in [5.74, 6) is 3.32. The van der Waals surface area contributed by atoms with E-state index in [2.05, 4.69) is 29.6 Å². The van der Waals surface area contributed by atoms with Gasteiger partial charge in [-0.1, -0.05) is 42.5 Å². The van der Waals surface area contributed by atoms with Gasteiger partial charge in [0.05, 0.1) is 0 Å². The van der Waals surface area contributed by atoms with Gasteiger partial charge in [-0.3, -0.25) is 4.79 Å². The van der Waals surface area contributed by atoms with E-state index in [-0.39, 0.29) is 11.3 Å². The maximum atomic E-state index is 13.1. The zero-order chi connectivity index (χ0) is 23.4. The molecule has 3 aromatic carbocycles. The van der Waals surface area contributed by atoms with Crippen molar-refractivity contribution in [3.63, 3.8) is 0 Å². The van der Waals surface area contributed by atoms with Crippen LogP contribution in [-0.4, -0.2) is 10.9 Å². The minimum absolute atomic E-state index is 0.145. The SMILES string of the molecule is O=C(CC12CC3CC(CC(C3)C1)C2)Nc1ccc2oc(-c3ccc(-c4ccccc4)cc3)nc2c1. The van der Waals surface area contributed by atoms with Gasteiger partial charge in [0.15, 0.2) is 5.58 Å². The summed E-state index contributed by atoms with van der Waals surface area (Å²) in [6.07, 6.45) is 8.62. The van der Waals surface area contributed by atoms with Crippen molar-refractivity contribution in [3.8, 4) is 22.6 Å². The van der Waals surface area contributed by atoms with Gasteiger partial charge in [-0.25, -0.2) is 4.98 Å². The first-order valence-electron chi connectivity index (χ1n) is 13.0. The average molecular weight is 463 g/mol. The molecular weight excluding hydrogens is 432 g/mol. The number of nitrogens with zero attached hydrogens (tertiary/aromatic N) is 1. The molecule has 4 nitrogen and oxygen atoms in total. The molecule has 4 fully saturated rings. The molecule has 0 unspecified atom stereocenters. The first kappa shape index (κ1) is 20.9. The second kappa shape index (κ2) is 8.08. The largest absolute Gasteiger partial charge is 0.436 e. The number of amides is 1. The summed E-state index contributed by atoms with van der Waals surface area (Å²) in [7, 11) is 0. The zero-order valence-corrected chi connectivity index (χ0v) is 19.9. The van der Waals surface area contributed by atoms with E-state index in [1.807, 2.05) is 48.5 Å². The van der Waals surface area contributed by atoms with Crippen molar-refractivity contribution >= 4 is 22.7 Å². The van der Waals surface area contributed by atoms with Crippen LogP contribution in [0.3, 0.4) is 0 Å². The summed E-state index contributed by atoms with van der Waals surface area (Å²) in [5.41, 5.74) is 5.82. The van der Waals surface area contributed by atoms with Gasteiger partial charge in [-0.05, 0) is 103 Å². The number of carbonyl (C=O) groups is 1. The maximum Gasteiger partial charge on any atom is 0.227 e. The highest BCUT2D eigenvalue weighted by molar-refractivity contribution is 5.93. The lowest BCUT2D eigenvalue weighted by molar-refractivity contribution is -0.124. The van der Waals surface area contributed by atoms with E-state index in [0.717, 1.165) is 45.7 Å². The van der Waals surface area contributed by atoms with Crippen LogP contribution < -0.4 is 5.32 Å². The number of aromatic nitrogens is 1. The number of fused-ring (bicyclic) bond motifs is 1. The number of anilines is 1. The quantitative estimate of drug-likeness (QED) is 0.330. The number of nitrogens with one attached hydrogen (secondary N) is 1. The smallest absolute Gasteiger partial charge is 0.227 e. The van der Waals surface area contributed by atoms with Crippen molar-refractivity contribution in [1.29, 1.82) is 0 Å². The molecule has 0 radical (unpaired) electrons. The van der Waals surface area contributed by atoms with Crippen molar-refractivity contribution in [1.82, 2.24) is 4.98 Å². The third-order valence-corrected chi connectivity index (χ3v) is 8.61. The van der Waals surface area contributed by atoms with Crippen LogP contribution in [0.25, 0.3) is 33.7 Å². The summed E-state index contributed by atoms with van der Waals surface area (Å²) in [6.45, 7) is 0. The normalized spacial score (nSPS) is 26.8. The molecule has 4 bridgehead atoms. The highest BCUT2D eigenvalue weighted by Crippen LogP contribution is 2.61. The third kappa shape index (κ3) is 3.95. The lowest BCUT2D eigenvalue weighted by atomic mass is 9.49. The number of oxazole rings is 1. The van der Waals surface area contributed by atoms with Crippen LogP contribution in [0.1, 0.15) is 44.9 Å². The Morgan fingerprint density at radius 1 is 0.829 bits per heavy atom. The van der Waals surface area contributed by atoms with Crippen molar-refractivity contribution in [2.45, 2.75) is 44.9 Å². The van der Waals surface area contributed by atoms with Gasteiger partial charge in [0.1, 0.15) is 5.52 Å². The lowest BCUT2D eigenvalue weighted by Crippen LogP contribution is -2.47. The van der Waals surface area contributed by atoms with E-state index in [4.69, 9.17) is 9.40 Å². The number of hydrogen-bond donors (Lipinski definition) is 1. The molecule has 0 spiro atoms. The van der Waals surface area contributed by atoms with Crippen LogP contribution in [0.4, 0.5) is 5.69 Å². The van der Waals surface area contributed by atoms with E-state index in [1.54, 1.807) is 0 Å². The number of hydrogen-bond acceptors (Lipinski definition) is 3. The molecule has 0 atom stereocenters. The molecule has 35 heavy (non-hydrogen) atoms. The molecule has 0 saturated heterocycles. The van der Waals surface area contributed by atoms with Gasteiger partial charge in [-0.15, -0.1) is 0 Å². The van der Waals surface area contributed by atoms with Crippen LogP contribution in [0, 0.1) is 23.2 Å². The predicted molar refractivity (Wildman–Crippen MR) is 139 cm³/mol. The van der Waals surface area contributed by atoms with Crippen LogP contribution in [0.5, 0.6) is 0 Å². The fraction of sp³-hybridized carbons (Fsp3) is 0.355. The Hall–Kier alpha value is -3.40. The van der Waals surface area contributed by atoms with Crippen LogP contribution in [0.2, 0.25) is 0 Å². The number of rotatable bonds is 5. The summed E-state index contributed by atoms with van der Waals surface area (Å²) in [5, 5.41) is 3.16. The predicted octanol–water partition coefficient (Wildman–Crippen LogP) is 7.71. The van der Waals surface area contributed by atoms with Crippen LogP contribution >= 0.6 is 0 Å². The van der Waals surface area contributed by atoms with Gasteiger partial charge in [-0.2, -0.15) is 0 Å². The summed E-state index contributed by atoms with van der Waals surface area (Å²) in [6, 6.07) is 24.4. The molecule has 8 rings (SSSR count). The molecule has 4 saturated carbocycles. The Bertz CT molecular complexity index is 1350. The Balaban J connectivity index is 1.07. The molecule has 0 aliphatic heterocycles. The van der Waals surface area contributed by atoms with E-state index in [0.29, 0.717) is 12.3 Å². The van der Waals surface area contributed by atoms with Gasteiger partial charge in [0.25, 0.3) is 0 Å². The van der Waals surface area contributed by atoms with E-state index in [9.17, 15) is 4.79 Å². The molecule has 1 aromatic heterocycles. The standard InChI is InChI=1S/C31H30N2O2/c34-29(19-31-16-20-12-21(17-31)14-22(13-20)18-31)32-26-10-11-28-27(15-26)33-30(35-28)25-8-6-24(7-9-25)23-4-2-1-3-5-23/h1-11,15,20-22H,12-14,16-19H2,(H,32,34). The lowest BCUT2D eigenvalue weighted by Gasteiger charge is -2.56. The summed E-state index contributed by atoms with van der Waals surface area (Å²) < 4.78 is 6.03. The van der Waals surface area contributed by atoms with Crippen LogP contribution in [0.15, 0.2) is 77.2 Å². The van der Waals surface area contributed by atoms with Gasteiger partial charge >= 0.3 is 0 Å². The number of carbonyl (C=O) groups excluding carboxylic acids is 1. The molecule has 4 heteroatoms. The fourth-order valence-corrected chi connectivity index (χ4v) is 7.62. The molecule has 4 aliphatic carbocycles. The van der Waals surface area contributed by atoms with Gasteiger partial charge < -0.3 is 9.73 Å². The van der Waals surface area contributed by atoms with Crippen molar-refractivity contribution in [2.24, 2.45) is 23.2 Å². The summed E-state index contributed by atoms with van der Waals surface area (Å²) in [4.78, 5) is 17.8. The third-order valence-electron chi connectivity index (χ3n) is 8.61. The minimum atomic E-state index is 0.145. The second-order valence-electron chi connectivity index (χ2n) is 11.3. The highest BCUT2D eigenvalue weighted by Gasteiger charge is 2.51. The topological polar surface area (TPSA) is 55.1 Å². The van der Waals surface area contributed by atoms with Crippen molar-refractivity contribution in [2.75, 3.05) is 5.32 Å². The average Bonchev–Trinajstić information content (AvgIpc) is 3.27. The Morgan fingerprint density at radius 2 is 1.46 bits per heavy atom. The second-order valence-corrected chi connectivity index (χ2v) is 11.3. The Labute approximate surface area is 205 Å². The minimum Gasteiger partial charge on any atom is -0.436 e. The van der Waals surface area contributed by atoms with Crippen LogP contribution in [-0.2, 0) is 4.79 Å². The monoisotopic (exact) mass is 462 g/mol. The zero-order valence-electron chi connectivity index (χ0n) is 19.9. The molecule has 4 aromatic rings. The Kier molecular flexibility index (Phi) is 4.83. The fourth-order valence-electron chi connectivity index (χ4n) is 7.62. The van der Waals surface area contributed by atoms with E-state index < -0.39 is 0 Å². The number of benzene rings is 3. The van der Waals surface area contributed by atoms with Crippen molar-refractivity contribution in [3.05, 3.63) is 72.8 Å². The Morgan fingerprint density at radius 3 is 2.14 bits per heavy atom. The first-order chi connectivity index (χ1) is 17.1. The van der Waals surface area contributed by atoms with Gasteiger partial charge in [0, 0.05) is 17.7 Å². The molecule has 1 N–H and O–H groups in total. The molecule has 1 heterocycles. The summed E-state index contributed by atoms with van der Waals surface area (Å²) >= 11 is 0. The van der Waals surface area contributed by atoms with Gasteiger partial charge in [0.2, 0.25) is 11.8 Å².